The van der Waals surface area contributed by atoms with Crippen LogP contribution in [0.15, 0.2) is 65.9 Å². The first-order chi connectivity index (χ1) is 11.6. The minimum atomic E-state index is -0.764. The first-order valence-electron chi connectivity index (χ1n) is 7.69. The molecule has 0 aliphatic carbocycles. The van der Waals surface area contributed by atoms with Crippen molar-refractivity contribution in [2.45, 2.75) is 19.4 Å². The Morgan fingerprint density at radius 1 is 1.04 bits per heavy atom. The van der Waals surface area contributed by atoms with Gasteiger partial charge in [0, 0.05) is 6.42 Å². The fourth-order valence-corrected chi connectivity index (χ4v) is 2.95. The van der Waals surface area contributed by atoms with Crippen LogP contribution < -0.4 is 4.90 Å². The number of hydrogen-bond donors (Lipinski definition) is 2. The third-order valence-electron chi connectivity index (χ3n) is 4.09. The zero-order valence-corrected chi connectivity index (χ0v) is 13.1. The van der Waals surface area contributed by atoms with Crippen LogP contribution in [0, 0.1) is 0 Å². The average molecular weight is 323 g/mol. The van der Waals surface area contributed by atoms with E-state index in [9.17, 15) is 19.8 Å². The van der Waals surface area contributed by atoms with Gasteiger partial charge >= 0.3 is 0 Å². The third kappa shape index (κ3) is 2.44. The fraction of sp³-hybridized carbons (Fsp3) is 0.158. The molecule has 0 bridgehead atoms. The quantitative estimate of drug-likeness (QED) is 0.905. The smallest absolute Gasteiger partial charge is 0.294 e. The van der Waals surface area contributed by atoms with E-state index >= 15 is 0 Å². The molecule has 1 aliphatic rings. The van der Waals surface area contributed by atoms with Crippen LogP contribution in [0.1, 0.15) is 24.9 Å². The van der Waals surface area contributed by atoms with Gasteiger partial charge in [-0.1, -0.05) is 49.4 Å². The van der Waals surface area contributed by atoms with Crippen LogP contribution in [0.4, 0.5) is 5.69 Å². The van der Waals surface area contributed by atoms with Crippen molar-refractivity contribution in [3.05, 3.63) is 71.5 Å². The highest BCUT2D eigenvalue weighted by Crippen LogP contribution is 2.43. The Morgan fingerprint density at radius 2 is 1.67 bits per heavy atom. The number of carbonyl (C=O) groups is 2. The van der Waals surface area contributed by atoms with Crippen LogP contribution in [0.3, 0.4) is 0 Å². The number of anilines is 1. The van der Waals surface area contributed by atoms with E-state index in [0.717, 1.165) is 0 Å². The van der Waals surface area contributed by atoms with Gasteiger partial charge in [-0.15, -0.1) is 0 Å². The van der Waals surface area contributed by atoms with Crippen molar-refractivity contribution in [3.63, 3.8) is 0 Å². The number of nitrogens with zero attached hydrogens (tertiary/aromatic N) is 1. The lowest BCUT2D eigenvalue weighted by atomic mass is 9.95. The Hall–Kier alpha value is -3.08. The Bertz CT molecular complexity index is 826. The number of aliphatic hydroxyl groups is 1. The van der Waals surface area contributed by atoms with Gasteiger partial charge in [0.15, 0.2) is 11.5 Å². The highest BCUT2D eigenvalue weighted by Gasteiger charge is 2.44. The Labute approximate surface area is 139 Å². The van der Waals surface area contributed by atoms with E-state index in [2.05, 4.69) is 0 Å². The molecule has 1 aliphatic heterocycles. The molecule has 0 radical (unpaired) electrons. The molecule has 1 atom stereocenters. The van der Waals surface area contributed by atoms with Crippen LogP contribution in [0.25, 0.3) is 0 Å². The summed E-state index contributed by atoms with van der Waals surface area (Å²) < 4.78 is 0. The van der Waals surface area contributed by atoms with Crippen LogP contribution in [-0.4, -0.2) is 21.9 Å². The number of aromatic hydroxyl groups is 1. The number of amides is 1. The molecule has 0 spiro atoms. The SMILES string of the molecule is CCC(=O)C1=C(O)C(=O)N(c2ccccc2O)C1c1ccccc1. The number of ketones is 1. The molecule has 0 saturated heterocycles. The third-order valence-corrected chi connectivity index (χ3v) is 4.09. The highest BCUT2D eigenvalue weighted by molar-refractivity contribution is 6.16. The molecule has 0 saturated carbocycles. The van der Waals surface area contributed by atoms with E-state index in [4.69, 9.17) is 0 Å². The summed E-state index contributed by atoms with van der Waals surface area (Å²) in [5.74, 6) is -1.64. The fourth-order valence-electron chi connectivity index (χ4n) is 2.95. The van der Waals surface area contributed by atoms with Crippen molar-refractivity contribution in [2.24, 2.45) is 0 Å². The lowest BCUT2D eigenvalue weighted by Crippen LogP contribution is -2.31. The summed E-state index contributed by atoms with van der Waals surface area (Å²) in [7, 11) is 0. The summed E-state index contributed by atoms with van der Waals surface area (Å²) in [6.45, 7) is 1.68. The molecule has 3 rings (SSSR count). The van der Waals surface area contributed by atoms with Gasteiger partial charge in [0.05, 0.1) is 17.3 Å². The summed E-state index contributed by atoms with van der Waals surface area (Å²) >= 11 is 0. The number of benzene rings is 2. The topological polar surface area (TPSA) is 77.8 Å². The summed E-state index contributed by atoms with van der Waals surface area (Å²) in [6.07, 6.45) is 0.171. The summed E-state index contributed by atoms with van der Waals surface area (Å²) in [4.78, 5) is 26.3. The maximum Gasteiger partial charge on any atom is 0.294 e. The number of phenolic OH excluding ortho intramolecular Hbond substituents is 1. The normalized spacial score (nSPS) is 17.5. The van der Waals surface area contributed by atoms with E-state index in [1.54, 1.807) is 49.4 Å². The van der Waals surface area contributed by atoms with Crippen molar-refractivity contribution >= 4 is 17.4 Å². The number of rotatable bonds is 4. The molecule has 5 heteroatoms. The summed E-state index contributed by atoms with van der Waals surface area (Å²) in [6, 6.07) is 14.6. The van der Waals surface area contributed by atoms with E-state index in [-0.39, 0.29) is 29.2 Å². The maximum absolute atomic E-state index is 12.6. The zero-order chi connectivity index (χ0) is 17.3. The van der Waals surface area contributed by atoms with Gasteiger partial charge in [-0.2, -0.15) is 0 Å². The number of para-hydroxylation sites is 2. The molecule has 5 nitrogen and oxygen atoms in total. The molecule has 1 heterocycles. The molecule has 0 aromatic heterocycles. The lowest BCUT2D eigenvalue weighted by molar-refractivity contribution is -0.118. The van der Waals surface area contributed by atoms with E-state index in [0.29, 0.717) is 5.56 Å². The number of aliphatic hydroxyl groups excluding tert-OH is 1. The largest absolute Gasteiger partial charge is 0.506 e. The second-order valence-corrected chi connectivity index (χ2v) is 5.52. The summed E-state index contributed by atoms with van der Waals surface area (Å²) in [5, 5.41) is 20.4. The Kier molecular flexibility index (Phi) is 4.08. The van der Waals surface area contributed by atoms with Crippen molar-refractivity contribution < 1.29 is 19.8 Å². The second kappa shape index (κ2) is 6.20. The predicted molar refractivity (Wildman–Crippen MR) is 89.7 cm³/mol. The number of Topliss-reactive ketones (excluding diaryl/α,β-unsaturated/α-hetero) is 1. The number of carbonyl (C=O) groups excluding carboxylic acids is 2. The lowest BCUT2D eigenvalue weighted by Gasteiger charge is -2.27. The van der Waals surface area contributed by atoms with E-state index < -0.39 is 17.7 Å². The second-order valence-electron chi connectivity index (χ2n) is 5.52. The predicted octanol–water partition coefficient (Wildman–Crippen LogP) is 3.27. The first kappa shape index (κ1) is 15.8. The maximum atomic E-state index is 12.6. The van der Waals surface area contributed by atoms with Crippen LogP contribution in [0.5, 0.6) is 5.75 Å². The van der Waals surface area contributed by atoms with Crippen molar-refractivity contribution in [2.75, 3.05) is 4.90 Å². The minimum Gasteiger partial charge on any atom is -0.506 e. The number of hydrogen-bond acceptors (Lipinski definition) is 4. The molecule has 122 valence electrons. The van der Waals surface area contributed by atoms with Gasteiger partial charge in [-0.3, -0.25) is 14.5 Å². The van der Waals surface area contributed by atoms with Crippen LogP contribution >= 0.6 is 0 Å². The standard InChI is InChI=1S/C19H17NO4/c1-2-14(21)16-17(12-8-4-3-5-9-12)20(19(24)18(16)23)13-10-6-7-11-15(13)22/h3-11,17,22-23H,2H2,1H3. The molecule has 24 heavy (non-hydrogen) atoms. The summed E-state index contributed by atoms with van der Waals surface area (Å²) in [5.41, 5.74) is 1.01. The molecule has 0 fully saturated rings. The van der Waals surface area contributed by atoms with Gasteiger partial charge < -0.3 is 10.2 Å². The van der Waals surface area contributed by atoms with Crippen molar-refractivity contribution in [1.29, 1.82) is 0 Å². The van der Waals surface area contributed by atoms with Gasteiger partial charge in [0.2, 0.25) is 0 Å². The van der Waals surface area contributed by atoms with Gasteiger partial charge in [0.1, 0.15) is 5.75 Å². The van der Waals surface area contributed by atoms with Crippen molar-refractivity contribution in [3.8, 4) is 5.75 Å². The van der Waals surface area contributed by atoms with E-state index in [1.165, 1.54) is 11.0 Å². The zero-order valence-electron chi connectivity index (χ0n) is 13.1. The van der Waals surface area contributed by atoms with Crippen molar-refractivity contribution in [1.82, 2.24) is 0 Å². The van der Waals surface area contributed by atoms with Gasteiger partial charge in [-0.25, -0.2) is 0 Å². The molecule has 2 aromatic rings. The Balaban J connectivity index is 2.21. The minimum absolute atomic E-state index is 0.0666. The first-order valence-corrected chi connectivity index (χ1v) is 7.69. The van der Waals surface area contributed by atoms with Crippen LogP contribution in [-0.2, 0) is 9.59 Å². The molecule has 1 amide bonds. The van der Waals surface area contributed by atoms with Gasteiger partial charge in [-0.05, 0) is 17.7 Å². The Morgan fingerprint density at radius 3 is 2.29 bits per heavy atom. The monoisotopic (exact) mass is 323 g/mol. The molecule has 2 aromatic carbocycles. The van der Waals surface area contributed by atoms with E-state index in [1.807, 2.05) is 6.07 Å². The number of phenols is 1. The van der Waals surface area contributed by atoms with Crippen LogP contribution in [0.2, 0.25) is 0 Å². The highest BCUT2D eigenvalue weighted by atomic mass is 16.3. The molecular formula is C19H17NO4. The van der Waals surface area contributed by atoms with Gasteiger partial charge in [0.25, 0.3) is 5.91 Å². The molecular weight excluding hydrogens is 306 g/mol. The molecule has 1 unspecified atom stereocenters. The molecule has 2 N–H and O–H groups in total. The average Bonchev–Trinajstić information content (AvgIpc) is 2.87.